The third kappa shape index (κ3) is 5.01. The zero-order chi connectivity index (χ0) is 22.9. The average molecular weight is 457 g/mol. The van der Waals surface area contributed by atoms with Crippen LogP contribution in [0, 0.1) is 6.92 Å². The van der Waals surface area contributed by atoms with Crippen LogP contribution in [0.5, 0.6) is 0 Å². The van der Waals surface area contributed by atoms with E-state index in [2.05, 4.69) is 4.90 Å². The minimum atomic E-state index is -3.76. The van der Waals surface area contributed by atoms with E-state index >= 15 is 0 Å². The molecule has 1 saturated heterocycles. The number of benzene rings is 2. The number of anilines is 1. The lowest BCUT2D eigenvalue weighted by Gasteiger charge is -2.35. The highest BCUT2D eigenvalue weighted by Crippen LogP contribution is 2.30. The number of piperazine rings is 1. The smallest absolute Gasteiger partial charge is 0.241 e. The molecular formula is C23H28N4O4S. The number of carbonyl (C=O) groups is 2. The molecule has 170 valence electrons. The predicted octanol–water partition coefficient (Wildman–Crippen LogP) is 0.918. The largest absolute Gasteiger partial charge is 0.340 e. The highest BCUT2D eigenvalue weighted by molar-refractivity contribution is 7.89. The average Bonchev–Trinajstić information content (AvgIpc) is 3.19. The van der Waals surface area contributed by atoms with Crippen LogP contribution in [-0.2, 0) is 32.5 Å². The summed E-state index contributed by atoms with van der Waals surface area (Å²) in [5.74, 6) is 0.0884. The summed E-state index contributed by atoms with van der Waals surface area (Å²) in [5, 5.41) is 5.21. The molecule has 0 spiro atoms. The molecule has 32 heavy (non-hydrogen) atoms. The van der Waals surface area contributed by atoms with Crippen molar-refractivity contribution in [2.45, 2.75) is 24.7 Å². The monoisotopic (exact) mass is 456 g/mol. The lowest BCUT2D eigenvalue weighted by molar-refractivity contribution is -0.132. The van der Waals surface area contributed by atoms with Gasteiger partial charge in [0.25, 0.3) is 0 Å². The zero-order valence-corrected chi connectivity index (χ0v) is 19.0. The van der Waals surface area contributed by atoms with Gasteiger partial charge in [0, 0.05) is 38.4 Å². The van der Waals surface area contributed by atoms with Crippen molar-refractivity contribution >= 4 is 27.5 Å². The van der Waals surface area contributed by atoms with Gasteiger partial charge < -0.3 is 9.80 Å². The van der Waals surface area contributed by atoms with E-state index in [1.807, 2.05) is 36.1 Å². The van der Waals surface area contributed by atoms with E-state index in [-0.39, 0.29) is 23.3 Å². The molecule has 2 aromatic carbocycles. The fourth-order valence-corrected chi connectivity index (χ4v) is 4.80. The second-order valence-corrected chi connectivity index (χ2v) is 10.0. The van der Waals surface area contributed by atoms with Gasteiger partial charge in [-0.1, -0.05) is 29.8 Å². The van der Waals surface area contributed by atoms with Crippen molar-refractivity contribution in [2.75, 3.05) is 44.2 Å². The number of amides is 2. The number of fused-ring (bicyclic) bond motifs is 1. The lowest BCUT2D eigenvalue weighted by atomic mass is 10.1. The Hall–Kier alpha value is -2.75. The van der Waals surface area contributed by atoms with E-state index in [1.54, 1.807) is 17.0 Å². The van der Waals surface area contributed by atoms with E-state index in [0.717, 1.165) is 16.8 Å². The molecule has 2 aromatic rings. The molecule has 2 amide bonds. The number of hydrogen-bond donors (Lipinski definition) is 1. The number of nitrogens with zero attached hydrogens (tertiary/aromatic N) is 3. The number of hydrogen-bond acceptors (Lipinski definition) is 5. The van der Waals surface area contributed by atoms with Crippen molar-refractivity contribution in [2.24, 2.45) is 5.14 Å². The van der Waals surface area contributed by atoms with Gasteiger partial charge in [0.1, 0.15) is 0 Å². The molecule has 2 aliphatic rings. The van der Waals surface area contributed by atoms with E-state index < -0.39 is 10.0 Å². The molecule has 2 N–H and O–H groups in total. The van der Waals surface area contributed by atoms with Crippen LogP contribution in [-0.4, -0.2) is 69.3 Å². The first kappa shape index (κ1) is 22.4. The Kier molecular flexibility index (Phi) is 6.32. The summed E-state index contributed by atoms with van der Waals surface area (Å²) >= 11 is 0. The van der Waals surface area contributed by atoms with Crippen LogP contribution in [0.3, 0.4) is 0 Å². The Balaban J connectivity index is 1.30. The number of primary sulfonamides is 1. The molecule has 0 aliphatic carbocycles. The first-order valence-corrected chi connectivity index (χ1v) is 12.3. The maximum absolute atomic E-state index is 12.9. The normalized spacial score (nSPS) is 16.8. The first-order valence-electron chi connectivity index (χ1n) is 10.7. The van der Waals surface area contributed by atoms with Gasteiger partial charge >= 0.3 is 0 Å². The topological polar surface area (TPSA) is 104 Å². The Bertz CT molecular complexity index is 1120. The van der Waals surface area contributed by atoms with Crippen LogP contribution in [0.25, 0.3) is 0 Å². The van der Waals surface area contributed by atoms with Gasteiger partial charge in [-0.2, -0.15) is 0 Å². The van der Waals surface area contributed by atoms with E-state index in [9.17, 15) is 18.0 Å². The third-order valence-electron chi connectivity index (χ3n) is 6.14. The Morgan fingerprint density at radius 1 is 0.938 bits per heavy atom. The molecule has 0 radical (unpaired) electrons. The van der Waals surface area contributed by atoms with E-state index in [1.165, 1.54) is 11.6 Å². The van der Waals surface area contributed by atoms with Crippen molar-refractivity contribution in [1.82, 2.24) is 9.80 Å². The van der Waals surface area contributed by atoms with Gasteiger partial charge in [-0.15, -0.1) is 0 Å². The molecule has 0 aromatic heterocycles. The van der Waals surface area contributed by atoms with Crippen molar-refractivity contribution in [3.05, 3.63) is 59.2 Å². The summed E-state index contributed by atoms with van der Waals surface area (Å²) in [6, 6.07) is 12.6. The maximum atomic E-state index is 12.9. The lowest BCUT2D eigenvalue weighted by Crippen LogP contribution is -2.51. The van der Waals surface area contributed by atoms with Crippen molar-refractivity contribution in [1.29, 1.82) is 0 Å². The Morgan fingerprint density at radius 3 is 2.28 bits per heavy atom. The molecule has 0 bridgehead atoms. The standard InChI is InChI=1S/C23H28N4O4S/c1-17-2-4-18(5-3-17)14-22(28)26-12-10-25(11-13-26)16-23(29)27-9-8-19-15-20(32(24,30)31)6-7-21(19)27/h2-7,15H,8-14,16H2,1H3,(H2,24,30,31). The van der Waals surface area contributed by atoms with Crippen molar-refractivity contribution in [3.8, 4) is 0 Å². The van der Waals surface area contributed by atoms with Crippen LogP contribution in [0.15, 0.2) is 47.4 Å². The van der Waals surface area contributed by atoms with Gasteiger partial charge in [-0.3, -0.25) is 14.5 Å². The molecule has 8 nitrogen and oxygen atoms in total. The quantitative estimate of drug-likeness (QED) is 0.721. The number of sulfonamides is 1. The van der Waals surface area contributed by atoms with Gasteiger partial charge in [0.15, 0.2) is 0 Å². The number of carbonyl (C=O) groups excluding carboxylic acids is 2. The van der Waals surface area contributed by atoms with Crippen LogP contribution in [0.4, 0.5) is 5.69 Å². The van der Waals surface area contributed by atoms with Crippen LogP contribution in [0.1, 0.15) is 16.7 Å². The highest BCUT2D eigenvalue weighted by Gasteiger charge is 2.29. The summed E-state index contributed by atoms with van der Waals surface area (Å²) < 4.78 is 23.1. The summed E-state index contributed by atoms with van der Waals surface area (Å²) in [6.45, 7) is 5.33. The number of aryl methyl sites for hydroxylation is 1. The fourth-order valence-electron chi connectivity index (χ4n) is 4.24. The van der Waals surface area contributed by atoms with Gasteiger partial charge in [-0.25, -0.2) is 13.6 Å². The molecule has 0 unspecified atom stereocenters. The van der Waals surface area contributed by atoms with Gasteiger partial charge in [-0.05, 0) is 42.7 Å². The van der Waals surface area contributed by atoms with Crippen molar-refractivity contribution in [3.63, 3.8) is 0 Å². The summed E-state index contributed by atoms with van der Waals surface area (Å²) in [5.41, 5.74) is 3.74. The highest BCUT2D eigenvalue weighted by atomic mass is 32.2. The molecule has 2 aliphatic heterocycles. The molecular weight excluding hydrogens is 428 g/mol. The molecule has 2 heterocycles. The molecule has 1 fully saturated rings. The van der Waals surface area contributed by atoms with Crippen molar-refractivity contribution < 1.29 is 18.0 Å². The summed E-state index contributed by atoms with van der Waals surface area (Å²) in [7, 11) is -3.76. The molecule has 4 rings (SSSR count). The van der Waals surface area contributed by atoms with Gasteiger partial charge in [0.2, 0.25) is 21.8 Å². The number of nitrogens with two attached hydrogens (primary N) is 1. The van der Waals surface area contributed by atoms with Crippen LogP contribution >= 0.6 is 0 Å². The summed E-state index contributed by atoms with van der Waals surface area (Å²) in [4.78, 5) is 31.2. The SMILES string of the molecule is Cc1ccc(CC(=O)N2CCN(CC(=O)N3CCc4cc(S(N)(=O)=O)ccc43)CC2)cc1. The van der Waals surface area contributed by atoms with Gasteiger partial charge in [0.05, 0.1) is 17.9 Å². The van der Waals surface area contributed by atoms with E-state index in [0.29, 0.717) is 45.6 Å². The Morgan fingerprint density at radius 2 is 1.62 bits per heavy atom. The predicted molar refractivity (Wildman–Crippen MR) is 122 cm³/mol. The van der Waals surface area contributed by atoms with Crippen LogP contribution < -0.4 is 10.0 Å². The van der Waals surface area contributed by atoms with Crippen LogP contribution in [0.2, 0.25) is 0 Å². The maximum Gasteiger partial charge on any atom is 0.241 e. The fraction of sp³-hybridized carbons (Fsp3) is 0.391. The molecule has 0 atom stereocenters. The zero-order valence-electron chi connectivity index (χ0n) is 18.2. The second kappa shape index (κ2) is 9.01. The minimum Gasteiger partial charge on any atom is -0.340 e. The number of rotatable bonds is 5. The van der Waals surface area contributed by atoms with E-state index in [4.69, 9.17) is 5.14 Å². The third-order valence-corrected chi connectivity index (χ3v) is 7.05. The first-order chi connectivity index (χ1) is 15.2. The Labute approximate surface area is 188 Å². The second-order valence-electron chi connectivity index (χ2n) is 8.45. The minimum absolute atomic E-state index is 0.0217. The molecule has 9 heteroatoms. The molecule has 0 saturated carbocycles. The summed E-state index contributed by atoms with van der Waals surface area (Å²) in [6.07, 6.45) is 0.996.